The van der Waals surface area contributed by atoms with Gasteiger partial charge in [0.1, 0.15) is 5.75 Å². The van der Waals surface area contributed by atoms with E-state index in [1.807, 2.05) is 0 Å². The number of carbonyl (C=O) groups is 1. The average Bonchev–Trinajstić information content (AvgIpc) is 2.54. The fraction of sp³-hybridized carbons (Fsp3) is 0.167. The van der Waals surface area contributed by atoms with Gasteiger partial charge < -0.3 is 9.84 Å². The normalized spacial score (nSPS) is 16.5. The van der Waals surface area contributed by atoms with Crippen LogP contribution < -0.4 is 4.74 Å². The van der Waals surface area contributed by atoms with E-state index in [1.54, 1.807) is 25.1 Å². The van der Waals surface area contributed by atoms with E-state index in [0.29, 0.717) is 16.1 Å². The number of hydrogen-bond donors (Lipinski definition) is 1. The minimum atomic E-state index is -4.88. The number of benzene rings is 2. The third-order valence-corrected chi connectivity index (χ3v) is 4.57. The predicted molar refractivity (Wildman–Crippen MR) is 92.7 cm³/mol. The van der Waals surface area contributed by atoms with Crippen LogP contribution in [0.1, 0.15) is 11.1 Å². The van der Waals surface area contributed by atoms with Gasteiger partial charge in [-0.05, 0) is 48.4 Å². The van der Waals surface area contributed by atoms with Gasteiger partial charge in [0.25, 0.3) is 0 Å². The highest BCUT2D eigenvalue weighted by molar-refractivity contribution is 6.32. The summed E-state index contributed by atoms with van der Waals surface area (Å²) in [5.41, 5.74) is 0.868. The van der Waals surface area contributed by atoms with Crippen molar-refractivity contribution in [2.24, 2.45) is 0 Å². The lowest BCUT2D eigenvalue weighted by Crippen LogP contribution is -2.40. The molecule has 0 aromatic heterocycles. The molecule has 0 spiro atoms. The zero-order chi connectivity index (χ0) is 19.2. The van der Waals surface area contributed by atoms with Crippen molar-refractivity contribution in [3.8, 4) is 16.9 Å². The molecule has 2 aromatic rings. The van der Waals surface area contributed by atoms with Gasteiger partial charge in [-0.2, -0.15) is 13.2 Å². The van der Waals surface area contributed by atoms with Gasteiger partial charge in [0.15, 0.2) is 0 Å². The van der Waals surface area contributed by atoms with Gasteiger partial charge in [-0.1, -0.05) is 29.3 Å². The molecular formula is C18H11Cl2F3O3. The van der Waals surface area contributed by atoms with Gasteiger partial charge in [-0.3, -0.25) is 0 Å². The Kier molecular flexibility index (Phi) is 4.67. The van der Waals surface area contributed by atoms with Crippen LogP contribution in [0, 0.1) is 6.92 Å². The highest BCUT2D eigenvalue weighted by atomic mass is 35.5. The van der Waals surface area contributed by atoms with Crippen LogP contribution in [0.25, 0.3) is 17.2 Å². The molecule has 0 bridgehead atoms. The number of alkyl halides is 3. The van der Waals surface area contributed by atoms with E-state index in [2.05, 4.69) is 0 Å². The molecule has 1 unspecified atom stereocenters. The van der Waals surface area contributed by atoms with E-state index < -0.39 is 23.8 Å². The first-order valence-corrected chi connectivity index (χ1v) is 8.12. The van der Waals surface area contributed by atoms with Crippen LogP contribution in [0.5, 0.6) is 5.75 Å². The Bertz CT molecular complexity index is 936. The van der Waals surface area contributed by atoms with Crippen molar-refractivity contribution < 1.29 is 27.8 Å². The van der Waals surface area contributed by atoms with E-state index >= 15 is 0 Å². The summed E-state index contributed by atoms with van der Waals surface area (Å²) in [6.07, 6.45) is -6.51. The van der Waals surface area contributed by atoms with E-state index in [0.717, 1.165) is 11.6 Å². The molecular weight excluding hydrogens is 392 g/mol. The van der Waals surface area contributed by atoms with Gasteiger partial charge in [0, 0.05) is 21.2 Å². The molecule has 1 aliphatic heterocycles. The van der Waals surface area contributed by atoms with Crippen LogP contribution in [0.4, 0.5) is 13.2 Å². The zero-order valence-electron chi connectivity index (χ0n) is 13.2. The standard InChI is InChI=1S/C18H11Cl2F3O3/c1-8-4-9(2-3-14(8)20)12-7-11(19)5-10-6-13(17(24)25)16(18(21,22)23)26-15(10)12/h2-7,16H,1H3,(H,24,25). The van der Waals surface area contributed by atoms with Crippen molar-refractivity contribution in [1.82, 2.24) is 0 Å². The Morgan fingerprint density at radius 3 is 2.46 bits per heavy atom. The summed E-state index contributed by atoms with van der Waals surface area (Å²) < 4.78 is 45.0. The second-order valence-electron chi connectivity index (χ2n) is 5.78. The number of carboxylic acid groups (broad SMARTS) is 1. The number of aliphatic carboxylic acids is 1. The molecule has 1 atom stereocenters. The highest BCUT2D eigenvalue weighted by Crippen LogP contribution is 2.44. The molecule has 2 aromatic carbocycles. The highest BCUT2D eigenvalue weighted by Gasteiger charge is 2.48. The van der Waals surface area contributed by atoms with Crippen LogP contribution in [0.2, 0.25) is 10.0 Å². The van der Waals surface area contributed by atoms with Gasteiger partial charge >= 0.3 is 12.1 Å². The number of carboxylic acids is 1. The lowest BCUT2D eigenvalue weighted by molar-refractivity contribution is -0.187. The predicted octanol–water partition coefficient (Wildman–Crippen LogP) is 5.76. The maximum atomic E-state index is 13.3. The summed E-state index contributed by atoms with van der Waals surface area (Å²) in [6.45, 7) is 1.75. The second kappa shape index (κ2) is 6.52. The average molecular weight is 403 g/mol. The number of aryl methyl sites for hydroxylation is 1. The van der Waals surface area contributed by atoms with Gasteiger partial charge in [-0.25, -0.2) is 4.79 Å². The minimum absolute atomic E-state index is 0.0801. The SMILES string of the molecule is Cc1cc(-c2cc(Cl)cc3c2OC(C(F)(F)F)C(C(=O)O)=C3)ccc1Cl. The van der Waals surface area contributed by atoms with Crippen LogP contribution in [-0.2, 0) is 4.79 Å². The first kappa shape index (κ1) is 18.6. The maximum Gasteiger partial charge on any atom is 0.430 e. The Labute approximate surface area is 156 Å². The Morgan fingerprint density at radius 1 is 1.19 bits per heavy atom. The van der Waals surface area contributed by atoms with Crippen molar-refractivity contribution in [3.63, 3.8) is 0 Å². The number of fused-ring (bicyclic) bond motifs is 1. The number of ether oxygens (including phenoxy) is 1. The summed E-state index contributed by atoms with van der Waals surface area (Å²) >= 11 is 12.1. The number of rotatable bonds is 2. The molecule has 8 heteroatoms. The first-order chi connectivity index (χ1) is 12.1. The second-order valence-corrected chi connectivity index (χ2v) is 6.62. The number of halogens is 5. The summed E-state index contributed by atoms with van der Waals surface area (Å²) in [5, 5.41) is 9.87. The lowest BCUT2D eigenvalue weighted by atomic mass is 9.95. The molecule has 3 nitrogen and oxygen atoms in total. The lowest BCUT2D eigenvalue weighted by Gasteiger charge is -2.28. The maximum absolute atomic E-state index is 13.3. The molecule has 0 saturated carbocycles. The fourth-order valence-electron chi connectivity index (χ4n) is 2.72. The molecule has 0 aliphatic carbocycles. The minimum Gasteiger partial charge on any atom is -0.478 e. The Balaban J connectivity index is 2.24. The summed E-state index contributed by atoms with van der Waals surface area (Å²) in [7, 11) is 0. The Hall–Kier alpha value is -2.18. The van der Waals surface area contributed by atoms with E-state index in [1.165, 1.54) is 12.1 Å². The van der Waals surface area contributed by atoms with Crippen molar-refractivity contribution in [2.45, 2.75) is 19.2 Å². The van der Waals surface area contributed by atoms with Crippen molar-refractivity contribution >= 4 is 35.2 Å². The van der Waals surface area contributed by atoms with Crippen LogP contribution in [0.15, 0.2) is 35.9 Å². The van der Waals surface area contributed by atoms with Crippen LogP contribution in [0.3, 0.4) is 0 Å². The molecule has 1 aliphatic rings. The van der Waals surface area contributed by atoms with Gasteiger partial charge in [-0.15, -0.1) is 0 Å². The topological polar surface area (TPSA) is 46.5 Å². The zero-order valence-corrected chi connectivity index (χ0v) is 14.7. The molecule has 3 rings (SSSR count). The van der Waals surface area contributed by atoms with Gasteiger partial charge in [0.2, 0.25) is 6.10 Å². The molecule has 1 N–H and O–H groups in total. The smallest absolute Gasteiger partial charge is 0.430 e. The quantitative estimate of drug-likeness (QED) is 0.694. The molecule has 1 heterocycles. The largest absolute Gasteiger partial charge is 0.478 e. The van der Waals surface area contributed by atoms with Crippen LogP contribution >= 0.6 is 23.2 Å². The monoisotopic (exact) mass is 402 g/mol. The summed E-state index contributed by atoms with van der Waals surface area (Å²) in [6, 6.07) is 7.76. The summed E-state index contributed by atoms with van der Waals surface area (Å²) in [4.78, 5) is 11.2. The van der Waals surface area contributed by atoms with Crippen molar-refractivity contribution in [1.29, 1.82) is 0 Å². The molecule has 0 fully saturated rings. The molecule has 0 saturated heterocycles. The van der Waals surface area contributed by atoms with E-state index in [4.69, 9.17) is 33.0 Å². The molecule has 136 valence electrons. The third-order valence-electron chi connectivity index (χ3n) is 3.92. The molecule has 26 heavy (non-hydrogen) atoms. The molecule has 0 amide bonds. The number of hydrogen-bond acceptors (Lipinski definition) is 2. The van der Waals surface area contributed by atoms with Gasteiger partial charge in [0.05, 0.1) is 5.57 Å². The van der Waals surface area contributed by atoms with E-state index in [9.17, 15) is 18.0 Å². The van der Waals surface area contributed by atoms with Crippen molar-refractivity contribution in [3.05, 3.63) is 57.1 Å². The third kappa shape index (κ3) is 3.39. The van der Waals surface area contributed by atoms with Crippen molar-refractivity contribution in [2.75, 3.05) is 0 Å². The first-order valence-electron chi connectivity index (χ1n) is 7.36. The Morgan fingerprint density at radius 2 is 1.88 bits per heavy atom. The van der Waals surface area contributed by atoms with E-state index in [-0.39, 0.29) is 16.3 Å². The molecule has 0 radical (unpaired) electrons. The van der Waals surface area contributed by atoms with Crippen LogP contribution in [-0.4, -0.2) is 23.4 Å². The fourth-order valence-corrected chi connectivity index (χ4v) is 3.07. The summed E-state index contributed by atoms with van der Waals surface area (Å²) in [5.74, 6) is -1.79.